The van der Waals surface area contributed by atoms with Crippen LogP contribution in [0.2, 0.25) is 0 Å². The van der Waals surface area contributed by atoms with Crippen LogP contribution < -0.4 is 10.5 Å². The van der Waals surface area contributed by atoms with Crippen molar-refractivity contribution in [3.05, 3.63) is 52.2 Å². The molecule has 2 aromatic rings. The summed E-state index contributed by atoms with van der Waals surface area (Å²) in [5, 5.41) is 4.28. The van der Waals surface area contributed by atoms with Gasteiger partial charge in [-0.05, 0) is 54.1 Å². The first-order chi connectivity index (χ1) is 9.61. The first-order valence-electron chi connectivity index (χ1n) is 6.72. The molecular formula is C16H22N2OS. The molecule has 2 N–H and O–H groups in total. The van der Waals surface area contributed by atoms with Crippen LogP contribution in [0.5, 0.6) is 5.75 Å². The van der Waals surface area contributed by atoms with E-state index in [1.807, 2.05) is 12.1 Å². The fourth-order valence-corrected chi connectivity index (χ4v) is 3.21. The summed E-state index contributed by atoms with van der Waals surface area (Å²) in [4.78, 5) is 2.30. The number of thiophene rings is 1. The number of rotatable bonds is 6. The minimum Gasteiger partial charge on any atom is -0.497 e. The molecule has 2 atom stereocenters. The third-order valence-electron chi connectivity index (χ3n) is 3.45. The van der Waals surface area contributed by atoms with E-state index < -0.39 is 0 Å². The van der Waals surface area contributed by atoms with E-state index in [-0.39, 0.29) is 12.1 Å². The SMILES string of the molecule is COc1ccc(CN(C)C(c2ccsc2)C(C)N)cc1. The molecule has 0 aliphatic carbocycles. The zero-order valence-electron chi connectivity index (χ0n) is 12.2. The predicted octanol–water partition coefficient (Wildman–Crippen LogP) is 3.28. The summed E-state index contributed by atoms with van der Waals surface area (Å²) in [5.41, 5.74) is 8.72. The number of hydrogen-bond donors (Lipinski definition) is 1. The molecule has 0 amide bonds. The van der Waals surface area contributed by atoms with Crippen LogP contribution >= 0.6 is 11.3 Å². The van der Waals surface area contributed by atoms with E-state index in [4.69, 9.17) is 10.5 Å². The summed E-state index contributed by atoms with van der Waals surface area (Å²) in [7, 11) is 3.81. The molecule has 1 aromatic carbocycles. The maximum absolute atomic E-state index is 6.17. The van der Waals surface area contributed by atoms with E-state index in [1.165, 1.54) is 11.1 Å². The zero-order chi connectivity index (χ0) is 14.5. The first-order valence-corrected chi connectivity index (χ1v) is 7.67. The molecule has 4 heteroatoms. The molecule has 0 aliphatic heterocycles. The summed E-state index contributed by atoms with van der Waals surface area (Å²) in [5.74, 6) is 0.887. The van der Waals surface area contributed by atoms with Crippen LogP contribution in [0, 0.1) is 0 Å². The number of benzene rings is 1. The van der Waals surface area contributed by atoms with Gasteiger partial charge in [0, 0.05) is 12.6 Å². The largest absolute Gasteiger partial charge is 0.497 e. The van der Waals surface area contributed by atoms with Gasteiger partial charge in [0.25, 0.3) is 0 Å². The van der Waals surface area contributed by atoms with Gasteiger partial charge in [0.1, 0.15) is 5.75 Å². The van der Waals surface area contributed by atoms with Crippen molar-refractivity contribution >= 4 is 11.3 Å². The van der Waals surface area contributed by atoms with E-state index in [0.29, 0.717) is 0 Å². The Morgan fingerprint density at radius 3 is 2.45 bits per heavy atom. The second-order valence-electron chi connectivity index (χ2n) is 5.12. The molecule has 1 heterocycles. The van der Waals surface area contributed by atoms with Crippen LogP contribution in [0.15, 0.2) is 41.1 Å². The number of methoxy groups -OCH3 is 1. The number of nitrogens with two attached hydrogens (primary N) is 1. The predicted molar refractivity (Wildman–Crippen MR) is 85.2 cm³/mol. The average molecular weight is 290 g/mol. The lowest BCUT2D eigenvalue weighted by atomic mass is 10.0. The van der Waals surface area contributed by atoms with Crippen molar-refractivity contribution < 1.29 is 4.74 Å². The highest BCUT2D eigenvalue weighted by Crippen LogP contribution is 2.26. The lowest BCUT2D eigenvalue weighted by Crippen LogP contribution is -2.36. The van der Waals surface area contributed by atoms with E-state index in [2.05, 4.69) is 47.8 Å². The molecule has 20 heavy (non-hydrogen) atoms. The second-order valence-corrected chi connectivity index (χ2v) is 5.90. The van der Waals surface area contributed by atoms with Crippen molar-refractivity contribution in [1.29, 1.82) is 0 Å². The van der Waals surface area contributed by atoms with Crippen LogP contribution in [-0.2, 0) is 6.54 Å². The Balaban J connectivity index is 2.10. The number of likely N-dealkylation sites (N-methyl/N-ethyl adjacent to an activating group) is 1. The first kappa shape index (κ1) is 15.0. The number of hydrogen-bond acceptors (Lipinski definition) is 4. The summed E-state index contributed by atoms with van der Waals surface area (Å²) in [6.07, 6.45) is 0. The number of ether oxygens (including phenoxy) is 1. The Bertz CT molecular complexity index is 508. The zero-order valence-corrected chi connectivity index (χ0v) is 13.1. The van der Waals surface area contributed by atoms with Crippen LogP contribution in [0.25, 0.3) is 0 Å². The Hall–Kier alpha value is -1.36. The summed E-state index contributed by atoms with van der Waals surface area (Å²) in [6.45, 7) is 2.93. The summed E-state index contributed by atoms with van der Waals surface area (Å²) in [6, 6.07) is 10.7. The molecule has 0 radical (unpaired) electrons. The van der Waals surface area contributed by atoms with Crippen molar-refractivity contribution in [3.8, 4) is 5.75 Å². The third-order valence-corrected chi connectivity index (χ3v) is 4.15. The molecule has 2 unspecified atom stereocenters. The maximum atomic E-state index is 6.17. The molecule has 0 fully saturated rings. The molecule has 3 nitrogen and oxygen atoms in total. The molecule has 0 spiro atoms. The van der Waals surface area contributed by atoms with Crippen molar-refractivity contribution in [3.63, 3.8) is 0 Å². The van der Waals surface area contributed by atoms with Crippen molar-refractivity contribution in [2.75, 3.05) is 14.2 Å². The Labute approximate surface area is 125 Å². The van der Waals surface area contributed by atoms with Gasteiger partial charge < -0.3 is 10.5 Å². The van der Waals surface area contributed by atoms with E-state index in [1.54, 1.807) is 18.4 Å². The highest BCUT2D eigenvalue weighted by Gasteiger charge is 2.21. The average Bonchev–Trinajstić information content (AvgIpc) is 2.93. The van der Waals surface area contributed by atoms with Crippen LogP contribution in [-0.4, -0.2) is 25.1 Å². The van der Waals surface area contributed by atoms with Gasteiger partial charge in [0.2, 0.25) is 0 Å². The van der Waals surface area contributed by atoms with Gasteiger partial charge in [-0.15, -0.1) is 0 Å². The second kappa shape index (κ2) is 6.88. The minimum absolute atomic E-state index is 0.0906. The topological polar surface area (TPSA) is 38.5 Å². The summed E-state index contributed by atoms with van der Waals surface area (Å²) < 4.78 is 5.19. The molecule has 108 valence electrons. The molecule has 1 aromatic heterocycles. The monoisotopic (exact) mass is 290 g/mol. The quantitative estimate of drug-likeness (QED) is 0.887. The number of nitrogens with zero attached hydrogens (tertiary/aromatic N) is 1. The standard InChI is InChI=1S/C16H22N2OS/c1-12(17)16(14-8-9-20-11-14)18(2)10-13-4-6-15(19-3)7-5-13/h4-9,11-12,16H,10,17H2,1-3H3. The fraction of sp³-hybridized carbons (Fsp3) is 0.375. The highest BCUT2D eigenvalue weighted by molar-refractivity contribution is 7.07. The van der Waals surface area contributed by atoms with Crippen LogP contribution in [0.4, 0.5) is 0 Å². The van der Waals surface area contributed by atoms with Gasteiger partial charge in [0.05, 0.1) is 13.2 Å². The van der Waals surface area contributed by atoms with Crippen LogP contribution in [0.3, 0.4) is 0 Å². The van der Waals surface area contributed by atoms with Crippen molar-refractivity contribution in [2.24, 2.45) is 5.73 Å². The lowest BCUT2D eigenvalue weighted by molar-refractivity contribution is 0.211. The van der Waals surface area contributed by atoms with Gasteiger partial charge in [-0.3, -0.25) is 4.90 Å². The van der Waals surface area contributed by atoms with Gasteiger partial charge in [0.15, 0.2) is 0 Å². The molecule has 2 rings (SSSR count). The maximum Gasteiger partial charge on any atom is 0.118 e. The smallest absolute Gasteiger partial charge is 0.118 e. The van der Waals surface area contributed by atoms with Gasteiger partial charge >= 0.3 is 0 Å². The van der Waals surface area contributed by atoms with Gasteiger partial charge in [-0.25, -0.2) is 0 Å². The minimum atomic E-state index is 0.0906. The van der Waals surface area contributed by atoms with Gasteiger partial charge in [-0.1, -0.05) is 12.1 Å². The summed E-state index contributed by atoms with van der Waals surface area (Å²) >= 11 is 1.72. The normalized spacial score (nSPS) is 14.2. The van der Waals surface area contributed by atoms with Crippen LogP contribution in [0.1, 0.15) is 24.1 Å². The molecular weight excluding hydrogens is 268 g/mol. The fourth-order valence-electron chi connectivity index (χ4n) is 2.52. The molecule has 0 bridgehead atoms. The Kier molecular flexibility index (Phi) is 5.17. The molecule has 0 saturated heterocycles. The van der Waals surface area contributed by atoms with Gasteiger partial charge in [-0.2, -0.15) is 11.3 Å². The van der Waals surface area contributed by atoms with E-state index in [0.717, 1.165) is 12.3 Å². The molecule has 0 saturated carbocycles. The van der Waals surface area contributed by atoms with E-state index >= 15 is 0 Å². The Morgan fingerprint density at radius 1 is 1.25 bits per heavy atom. The molecule has 0 aliphatic rings. The van der Waals surface area contributed by atoms with Crippen molar-refractivity contribution in [1.82, 2.24) is 4.90 Å². The van der Waals surface area contributed by atoms with Crippen molar-refractivity contribution in [2.45, 2.75) is 25.6 Å². The van der Waals surface area contributed by atoms with E-state index in [9.17, 15) is 0 Å². The third kappa shape index (κ3) is 3.60. The Morgan fingerprint density at radius 2 is 1.95 bits per heavy atom. The lowest BCUT2D eigenvalue weighted by Gasteiger charge is -2.30. The highest BCUT2D eigenvalue weighted by atomic mass is 32.1.